The minimum Gasteiger partial charge on any atom is -0.390 e. The van der Waals surface area contributed by atoms with Gasteiger partial charge in [-0.2, -0.15) is 0 Å². The molecule has 4 rings (SSSR count). The number of nitrogens with one attached hydrogen (secondary N) is 1. The van der Waals surface area contributed by atoms with E-state index < -0.39 is 21.5 Å². The highest BCUT2D eigenvalue weighted by atomic mass is 35.5. The topological polar surface area (TPSA) is 99.6 Å². The second-order valence-corrected chi connectivity index (χ2v) is 12.4. The molecule has 1 atom stereocenters. The molecule has 3 aromatic rings. The summed E-state index contributed by atoms with van der Waals surface area (Å²) >= 11 is 18.4. The quantitative estimate of drug-likeness (QED) is 0.390. The highest BCUT2D eigenvalue weighted by molar-refractivity contribution is 7.92. The van der Waals surface area contributed by atoms with E-state index in [0.29, 0.717) is 18.4 Å². The number of anilines is 2. The van der Waals surface area contributed by atoms with Crippen LogP contribution in [0.5, 0.6) is 0 Å². The number of aromatic nitrogens is 1. The van der Waals surface area contributed by atoms with Gasteiger partial charge in [0.25, 0.3) is 15.9 Å². The number of carbonyl (C=O) groups excluding carboxylic acids is 1. The lowest BCUT2D eigenvalue weighted by atomic mass is 9.86. The minimum atomic E-state index is -4.05. The molecule has 11 heteroatoms. The fourth-order valence-electron chi connectivity index (χ4n) is 4.32. The smallest absolute Gasteiger partial charge is 0.265 e. The molecule has 0 bridgehead atoms. The molecule has 190 valence electrons. The van der Waals surface area contributed by atoms with Crippen molar-refractivity contribution < 1.29 is 18.3 Å². The van der Waals surface area contributed by atoms with Crippen molar-refractivity contribution in [2.75, 3.05) is 16.2 Å². The van der Waals surface area contributed by atoms with Crippen LogP contribution >= 0.6 is 34.8 Å². The average molecular weight is 569 g/mol. The first-order valence-electron chi connectivity index (χ1n) is 11.1. The van der Waals surface area contributed by atoms with Crippen LogP contribution in [0.1, 0.15) is 36.2 Å². The van der Waals surface area contributed by atoms with Crippen LogP contribution in [0.15, 0.2) is 59.5 Å². The first kappa shape index (κ1) is 26.7. The number of pyridine rings is 1. The van der Waals surface area contributed by atoms with Crippen LogP contribution in [-0.4, -0.2) is 36.6 Å². The highest BCUT2D eigenvalue weighted by Gasteiger charge is 2.36. The Morgan fingerprint density at radius 3 is 2.42 bits per heavy atom. The van der Waals surface area contributed by atoms with Crippen molar-refractivity contribution in [2.45, 2.75) is 37.2 Å². The summed E-state index contributed by atoms with van der Waals surface area (Å²) in [7, 11) is -4.05. The van der Waals surface area contributed by atoms with Crippen molar-refractivity contribution in [2.24, 2.45) is 5.92 Å². The van der Waals surface area contributed by atoms with E-state index in [1.807, 2.05) is 0 Å². The second kappa shape index (κ2) is 10.2. The summed E-state index contributed by atoms with van der Waals surface area (Å²) in [5.41, 5.74) is -0.215. The van der Waals surface area contributed by atoms with E-state index in [4.69, 9.17) is 34.8 Å². The van der Waals surface area contributed by atoms with Gasteiger partial charge in [0.2, 0.25) is 0 Å². The third-order valence-corrected chi connectivity index (χ3v) is 8.35. The van der Waals surface area contributed by atoms with Gasteiger partial charge in [-0.15, -0.1) is 0 Å². The highest BCUT2D eigenvalue weighted by Crippen LogP contribution is 2.37. The monoisotopic (exact) mass is 567 g/mol. The van der Waals surface area contributed by atoms with Gasteiger partial charge in [-0.25, -0.2) is 17.7 Å². The molecule has 2 N–H and O–H groups in total. The number of sulfonamides is 1. The van der Waals surface area contributed by atoms with Crippen LogP contribution in [0, 0.1) is 5.92 Å². The van der Waals surface area contributed by atoms with Crippen molar-refractivity contribution >= 4 is 62.4 Å². The molecule has 7 nitrogen and oxygen atoms in total. The standard InChI is InChI=1S/C25H24Cl3N3O4S/c1-25(2,33)13-15-11-16-9-10-21(30-24(32)22-19(27)7-4-8-20(22)28)29-23(16)31(14-15)36(34,35)18-6-3-5-17(26)12-18/h3-10,12,15,33H,11,13-14H2,1-2H3,(H,29,30,32). The van der Waals surface area contributed by atoms with Crippen LogP contribution < -0.4 is 9.62 Å². The first-order valence-corrected chi connectivity index (χ1v) is 13.7. The molecule has 0 saturated carbocycles. The second-order valence-electron chi connectivity index (χ2n) is 9.31. The van der Waals surface area contributed by atoms with Crippen molar-refractivity contribution in [1.82, 2.24) is 4.98 Å². The van der Waals surface area contributed by atoms with Gasteiger partial charge < -0.3 is 10.4 Å². The molecule has 0 saturated heterocycles. The van der Waals surface area contributed by atoms with Crippen LogP contribution in [0.3, 0.4) is 0 Å². The number of fused-ring (bicyclic) bond motifs is 1. The molecule has 0 aliphatic carbocycles. The Morgan fingerprint density at radius 2 is 1.78 bits per heavy atom. The maximum Gasteiger partial charge on any atom is 0.265 e. The Kier molecular flexibility index (Phi) is 7.55. The van der Waals surface area contributed by atoms with Crippen LogP contribution in [0.25, 0.3) is 0 Å². The molecule has 0 radical (unpaired) electrons. The number of rotatable bonds is 6. The van der Waals surface area contributed by atoms with E-state index in [1.54, 1.807) is 56.3 Å². The van der Waals surface area contributed by atoms with Gasteiger partial charge in [0, 0.05) is 11.6 Å². The number of amides is 1. The SMILES string of the molecule is CC(C)(O)CC1Cc2ccc(NC(=O)c3c(Cl)cccc3Cl)nc2N(S(=O)(=O)c2cccc(Cl)c2)C1. The van der Waals surface area contributed by atoms with E-state index in [9.17, 15) is 18.3 Å². The zero-order valence-electron chi connectivity index (χ0n) is 19.5. The lowest BCUT2D eigenvalue weighted by molar-refractivity contribution is 0.0533. The molecule has 1 unspecified atom stereocenters. The van der Waals surface area contributed by atoms with E-state index in [0.717, 1.165) is 0 Å². The molecule has 0 fully saturated rings. The van der Waals surface area contributed by atoms with E-state index in [1.165, 1.54) is 16.4 Å². The van der Waals surface area contributed by atoms with Gasteiger partial charge in [0.15, 0.2) is 0 Å². The molecular formula is C25H24Cl3N3O4S. The van der Waals surface area contributed by atoms with Gasteiger partial charge in [-0.1, -0.05) is 53.0 Å². The Balaban J connectivity index is 1.74. The van der Waals surface area contributed by atoms with E-state index in [2.05, 4.69) is 10.3 Å². The Hall–Kier alpha value is -2.36. The van der Waals surface area contributed by atoms with Crippen molar-refractivity contribution in [3.63, 3.8) is 0 Å². The van der Waals surface area contributed by atoms with Crippen LogP contribution in [0.2, 0.25) is 15.1 Å². The lowest BCUT2D eigenvalue weighted by Crippen LogP contribution is -2.42. The van der Waals surface area contributed by atoms with Gasteiger partial charge in [0.1, 0.15) is 11.6 Å². The summed E-state index contributed by atoms with van der Waals surface area (Å²) in [5.74, 6) is -0.388. The summed E-state index contributed by atoms with van der Waals surface area (Å²) < 4.78 is 28.6. The molecule has 1 amide bonds. The summed E-state index contributed by atoms with van der Waals surface area (Å²) in [4.78, 5) is 17.4. The molecule has 1 aliphatic heterocycles. The van der Waals surface area contributed by atoms with Gasteiger partial charge >= 0.3 is 0 Å². The van der Waals surface area contributed by atoms with Gasteiger partial charge in [-0.05, 0) is 74.6 Å². The van der Waals surface area contributed by atoms with E-state index in [-0.39, 0.29) is 49.6 Å². The molecule has 1 aliphatic rings. The van der Waals surface area contributed by atoms with Gasteiger partial charge in [-0.3, -0.25) is 4.79 Å². The molecule has 1 aromatic heterocycles. The van der Waals surface area contributed by atoms with Gasteiger partial charge in [0.05, 0.1) is 26.1 Å². The minimum absolute atomic E-state index is 0.0175. The van der Waals surface area contributed by atoms with Crippen molar-refractivity contribution in [3.8, 4) is 0 Å². The number of halogens is 3. The predicted molar refractivity (Wildman–Crippen MR) is 143 cm³/mol. The number of carbonyl (C=O) groups is 1. The molecule has 2 heterocycles. The Labute approximate surface area is 225 Å². The predicted octanol–water partition coefficient (Wildman–Crippen LogP) is 5.82. The fourth-order valence-corrected chi connectivity index (χ4v) is 6.72. The summed E-state index contributed by atoms with van der Waals surface area (Å²) in [6, 6.07) is 14.0. The number of nitrogens with zero attached hydrogens (tertiary/aromatic N) is 2. The number of benzene rings is 2. The van der Waals surface area contributed by atoms with E-state index >= 15 is 0 Å². The normalized spacial score (nSPS) is 15.9. The molecule has 2 aromatic carbocycles. The molecule has 0 spiro atoms. The van der Waals surface area contributed by atoms with Crippen LogP contribution in [-0.2, 0) is 16.4 Å². The Morgan fingerprint density at radius 1 is 1.11 bits per heavy atom. The van der Waals surface area contributed by atoms with Crippen molar-refractivity contribution in [3.05, 3.63) is 80.8 Å². The number of hydrogen-bond acceptors (Lipinski definition) is 5. The molecular weight excluding hydrogens is 545 g/mol. The fraction of sp³-hybridized carbons (Fsp3) is 0.280. The third kappa shape index (κ3) is 5.79. The summed E-state index contributed by atoms with van der Waals surface area (Å²) in [5, 5.41) is 13.7. The summed E-state index contributed by atoms with van der Waals surface area (Å²) in [6.45, 7) is 3.48. The zero-order valence-corrected chi connectivity index (χ0v) is 22.6. The maximum absolute atomic E-state index is 13.7. The number of aliphatic hydroxyl groups is 1. The zero-order chi connectivity index (χ0) is 26.3. The first-order chi connectivity index (χ1) is 16.8. The van der Waals surface area contributed by atoms with Crippen molar-refractivity contribution in [1.29, 1.82) is 0 Å². The lowest BCUT2D eigenvalue weighted by Gasteiger charge is -2.36. The Bertz CT molecular complexity index is 1400. The van der Waals surface area contributed by atoms with Crippen LogP contribution in [0.4, 0.5) is 11.6 Å². The third-order valence-electron chi connectivity index (χ3n) is 5.73. The average Bonchev–Trinajstić information content (AvgIpc) is 2.77. The largest absolute Gasteiger partial charge is 0.390 e. The number of hydrogen-bond donors (Lipinski definition) is 2. The molecule has 36 heavy (non-hydrogen) atoms. The summed E-state index contributed by atoms with van der Waals surface area (Å²) in [6.07, 6.45) is 0.899. The maximum atomic E-state index is 13.7.